The number of anilines is 1. The van der Waals surface area contributed by atoms with Crippen molar-refractivity contribution in [3.05, 3.63) is 66.0 Å². The van der Waals surface area contributed by atoms with Gasteiger partial charge in [-0.1, -0.05) is 24.3 Å². The van der Waals surface area contributed by atoms with E-state index in [-0.39, 0.29) is 0 Å². The minimum Gasteiger partial charge on any atom is -0.492 e. The quantitative estimate of drug-likeness (QED) is 0.668. The van der Waals surface area contributed by atoms with Crippen LogP contribution in [0.15, 0.2) is 54.7 Å². The lowest BCUT2D eigenvalue weighted by Crippen LogP contribution is -2.27. The van der Waals surface area contributed by atoms with E-state index >= 15 is 0 Å². The van der Waals surface area contributed by atoms with Crippen LogP contribution in [0.4, 0.5) is 5.82 Å². The van der Waals surface area contributed by atoms with Gasteiger partial charge in [0.25, 0.3) is 0 Å². The molecule has 6 heteroatoms. The zero-order valence-electron chi connectivity index (χ0n) is 14.5. The van der Waals surface area contributed by atoms with Gasteiger partial charge in [0.2, 0.25) is 0 Å². The average Bonchev–Trinajstić information content (AvgIpc) is 2.72. The maximum Gasteiger partial charge on any atom is 0.180 e. The summed E-state index contributed by atoms with van der Waals surface area (Å²) in [6, 6.07) is 15.6. The first-order valence-corrected chi connectivity index (χ1v) is 8.84. The van der Waals surface area contributed by atoms with Crippen molar-refractivity contribution < 1.29 is 4.74 Å². The molecule has 0 saturated carbocycles. The molecule has 4 rings (SSSR count). The van der Waals surface area contributed by atoms with Crippen LogP contribution in [-0.2, 0) is 13.0 Å². The van der Waals surface area contributed by atoms with E-state index in [1.54, 1.807) is 6.20 Å². The lowest BCUT2D eigenvalue weighted by atomic mass is 10.1. The predicted octanol–water partition coefficient (Wildman–Crippen LogP) is 2.68. The van der Waals surface area contributed by atoms with Crippen LogP contribution in [0.3, 0.4) is 0 Å². The van der Waals surface area contributed by atoms with Crippen molar-refractivity contribution in [2.45, 2.75) is 13.0 Å². The molecular weight excluding hydrogens is 326 g/mol. The lowest BCUT2D eigenvalue weighted by Gasteiger charge is -2.20. The SMILES string of the molecule is c1ccc(OCCNc2nc(-c3ccccn3)nc3c2CCNC3)cc1. The third-order valence-electron chi connectivity index (χ3n) is 4.24. The molecule has 0 saturated heterocycles. The molecular formula is C20H21N5O. The minimum atomic E-state index is 0.569. The zero-order chi connectivity index (χ0) is 17.6. The van der Waals surface area contributed by atoms with Crippen molar-refractivity contribution >= 4 is 5.82 Å². The second-order valence-electron chi connectivity index (χ2n) is 6.05. The number of nitrogens with zero attached hydrogens (tertiary/aromatic N) is 3. The Labute approximate surface area is 152 Å². The van der Waals surface area contributed by atoms with E-state index in [1.807, 2.05) is 48.5 Å². The number of para-hydroxylation sites is 1. The van der Waals surface area contributed by atoms with Crippen LogP contribution in [0.25, 0.3) is 11.5 Å². The Kier molecular flexibility index (Phi) is 5.02. The Balaban J connectivity index is 1.50. The third-order valence-corrected chi connectivity index (χ3v) is 4.24. The molecule has 1 aliphatic heterocycles. The molecule has 0 amide bonds. The first-order chi connectivity index (χ1) is 12.9. The number of aromatic nitrogens is 3. The standard InChI is InChI=1S/C20H21N5O/c1-2-6-15(7-3-1)26-13-12-23-19-16-9-11-21-14-18(16)24-20(25-19)17-8-4-5-10-22-17/h1-8,10,21H,9,11-14H2,(H,23,24,25). The summed E-state index contributed by atoms with van der Waals surface area (Å²) in [5, 5.41) is 6.79. The van der Waals surface area contributed by atoms with Crippen LogP contribution in [0.5, 0.6) is 5.75 Å². The Morgan fingerprint density at radius 1 is 1.04 bits per heavy atom. The summed E-state index contributed by atoms with van der Waals surface area (Å²) in [6.07, 6.45) is 2.68. The highest BCUT2D eigenvalue weighted by atomic mass is 16.5. The molecule has 2 aromatic heterocycles. The number of rotatable bonds is 6. The Hall–Kier alpha value is -2.99. The van der Waals surface area contributed by atoms with Crippen molar-refractivity contribution in [3.8, 4) is 17.3 Å². The van der Waals surface area contributed by atoms with E-state index in [1.165, 1.54) is 5.56 Å². The number of hydrogen-bond donors (Lipinski definition) is 2. The Morgan fingerprint density at radius 2 is 1.92 bits per heavy atom. The summed E-state index contributed by atoms with van der Waals surface area (Å²) in [5.41, 5.74) is 3.01. The number of hydrogen-bond acceptors (Lipinski definition) is 6. The molecule has 26 heavy (non-hydrogen) atoms. The summed E-state index contributed by atoms with van der Waals surface area (Å²) in [6.45, 7) is 2.94. The number of ether oxygens (including phenoxy) is 1. The van der Waals surface area contributed by atoms with Crippen molar-refractivity contribution in [1.82, 2.24) is 20.3 Å². The molecule has 0 radical (unpaired) electrons. The number of benzene rings is 1. The minimum absolute atomic E-state index is 0.569. The van der Waals surface area contributed by atoms with Crippen LogP contribution in [-0.4, -0.2) is 34.6 Å². The molecule has 0 bridgehead atoms. The molecule has 132 valence electrons. The summed E-state index contributed by atoms with van der Waals surface area (Å²) in [7, 11) is 0. The van der Waals surface area contributed by atoms with Gasteiger partial charge < -0.3 is 15.4 Å². The van der Waals surface area contributed by atoms with Crippen molar-refractivity contribution in [2.24, 2.45) is 0 Å². The van der Waals surface area contributed by atoms with Gasteiger partial charge in [-0.25, -0.2) is 9.97 Å². The van der Waals surface area contributed by atoms with Crippen molar-refractivity contribution in [2.75, 3.05) is 25.0 Å². The molecule has 2 N–H and O–H groups in total. The van der Waals surface area contributed by atoms with Crippen LogP contribution < -0.4 is 15.4 Å². The Morgan fingerprint density at radius 3 is 2.77 bits per heavy atom. The molecule has 3 aromatic rings. The van der Waals surface area contributed by atoms with Gasteiger partial charge in [0, 0.05) is 18.3 Å². The van der Waals surface area contributed by atoms with Gasteiger partial charge in [0.1, 0.15) is 23.9 Å². The van der Waals surface area contributed by atoms with Crippen LogP contribution in [0.2, 0.25) is 0 Å². The lowest BCUT2D eigenvalue weighted by molar-refractivity contribution is 0.332. The van der Waals surface area contributed by atoms with E-state index in [9.17, 15) is 0 Å². The molecule has 0 atom stereocenters. The predicted molar refractivity (Wildman–Crippen MR) is 101 cm³/mol. The van der Waals surface area contributed by atoms with E-state index in [4.69, 9.17) is 14.7 Å². The summed E-state index contributed by atoms with van der Waals surface area (Å²) >= 11 is 0. The molecule has 0 aliphatic carbocycles. The number of fused-ring (bicyclic) bond motifs is 1. The first kappa shape index (κ1) is 16.5. The second-order valence-corrected chi connectivity index (χ2v) is 6.05. The van der Waals surface area contributed by atoms with Crippen LogP contribution >= 0.6 is 0 Å². The van der Waals surface area contributed by atoms with Gasteiger partial charge in [-0.3, -0.25) is 4.98 Å². The van der Waals surface area contributed by atoms with Crippen LogP contribution in [0.1, 0.15) is 11.3 Å². The van der Waals surface area contributed by atoms with Crippen molar-refractivity contribution in [1.29, 1.82) is 0 Å². The van der Waals surface area contributed by atoms with E-state index in [0.717, 1.165) is 42.5 Å². The fourth-order valence-electron chi connectivity index (χ4n) is 2.97. The summed E-state index contributed by atoms with van der Waals surface area (Å²) < 4.78 is 5.76. The summed E-state index contributed by atoms with van der Waals surface area (Å²) in [5.74, 6) is 2.41. The zero-order valence-corrected chi connectivity index (χ0v) is 14.5. The normalized spacial score (nSPS) is 13.1. The van der Waals surface area contributed by atoms with E-state index in [2.05, 4.69) is 15.6 Å². The van der Waals surface area contributed by atoms with Gasteiger partial charge >= 0.3 is 0 Å². The average molecular weight is 347 g/mol. The highest BCUT2D eigenvalue weighted by molar-refractivity contribution is 5.57. The van der Waals surface area contributed by atoms with Gasteiger partial charge in [0.15, 0.2) is 5.82 Å². The molecule has 0 spiro atoms. The van der Waals surface area contributed by atoms with Gasteiger partial charge in [0.05, 0.1) is 12.2 Å². The Bertz CT molecular complexity index is 855. The van der Waals surface area contributed by atoms with Gasteiger partial charge in [-0.05, 0) is 37.2 Å². The number of nitrogens with one attached hydrogen (secondary N) is 2. The highest BCUT2D eigenvalue weighted by Crippen LogP contribution is 2.23. The van der Waals surface area contributed by atoms with E-state index in [0.29, 0.717) is 19.0 Å². The molecule has 6 nitrogen and oxygen atoms in total. The monoisotopic (exact) mass is 347 g/mol. The molecule has 1 aliphatic rings. The van der Waals surface area contributed by atoms with Crippen molar-refractivity contribution in [3.63, 3.8) is 0 Å². The largest absolute Gasteiger partial charge is 0.492 e. The maximum absolute atomic E-state index is 5.76. The molecule has 0 unspecified atom stereocenters. The molecule has 3 heterocycles. The number of pyridine rings is 1. The third kappa shape index (κ3) is 3.81. The second kappa shape index (κ2) is 7.93. The van der Waals surface area contributed by atoms with Gasteiger partial charge in [-0.2, -0.15) is 0 Å². The highest BCUT2D eigenvalue weighted by Gasteiger charge is 2.18. The fraction of sp³-hybridized carbons (Fsp3) is 0.250. The summed E-state index contributed by atoms with van der Waals surface area (Å²) in [4.78, 5) is 13.8. The van der Waals surface area contributed by atoms with E-state index < -0.39 is 0 Å². The first-order valence-electron chi connectivity index (χ1n) is 8.84. The topological polar surface area (TPSA) is 72.0 Å². The van der Waals surface area contributed by atoms with Gasteiger partial charge in [-0.15, -0.1) is 0 Å². The fourth-order valence-corrected chi connectivity index (χ4v) is 2.97. The smallest absolute Gasteiger partial charge is 0.180 e. The maximum atomic E-state index is 5.76. The van der Waals surface area contributed by atoms with Crippen LogP contribution in [0, 0.1) is 0 Å². The molecule has 1 aromatic carbocycles. The molecule has 0 fully saturated rings.